The maximum atomic E-state index is 11.7. The number of methoxy groups -OCH3 is 1. The zero-order valence-corrected chi connectivity index (χ0v) is 12.2. The third kappa shape index (κ3) is 4.59. The molecule has 0 atom stereocenters. The third-order valence-electron chi connectivity index (χ3n) is 2.97. The van der Waals surface area contributed by atoms with E-state index in [0.717, 1.165) is 11.1 Å². The number of hydrogen-bond donors (Lipinski definition) is 2. The number of nitrogens with one attached hydrogen (secondary N) is 2. The zero-order chi connectivity index (χ0) is 15.8. The molecule has 0 saturated carbocycles. The molecule has 6 nitrogen and oxygen atoms in total. The molecular weight excluding hydrogens is 282 g/mol. The second kappa shape index (κ2) is 7.78. The second-order valence-electron chi connectivity index (χ2n) is 4.58. The molecule has 0 spiro atoms. The molecule has 2 amide bonds. The highest BCUT2D eigenvalue weighted by atomic mass is 16.5. The van der Waals surface area contributed by atoms with E-state index in [1.54, 1.807) is 31.6 Å². The number of hydrogen-bond acceptors (Lipinski definition) is 4. The molecule has 0 radical (unpaired) electrons. The summed E-state index contributed by atoms with van der Waals surface area (Å²) in [5.41, 5.74) is 1.68. The van der Waals surface area contributed by atoms with Crippen LogP contribution in [0.4, 0.5) is 0 Å². The van der Waals surface area contributed by atoms with Crippen LogP contribution in [0.15, 0.2) is 48.8 Å². The molecule has 114 valence electrons. The third-order valence-corrected chi connectivity index (χ3v) is 2.97. The number of amides is 2. The van der Waals surface area contributed by atoms with Crippen molar-refractivity contribution in [3.8, 4) is 5.75 Å². The smallest absolute Gasteiger partial charge is 0.309 e. The summed E-state index contributed by atoms with van der Waals surface area (Å²) in [7, 11) is 1.57. The minimum atomic E-state index is -0.674. The summed E-state index contributed by atoms with van der Waals surface area (Å²) in [6, 6.07) is 10.9. The Morgan fingerprint density at radius 2 is 1.73 bits per heavy atom. The Bertz CT molecular complexity index is 644. The maximum Gasteiger partial charge on any atom is 0.309 e. The van der Waals surface area contributed by atoms with Crippen LogP contribution in [0, 0.1) is 0 Å². The molecule has 0 bridgehead atoms. The van der Waals surface area contributed by atoms with Crippen molar-refractivity contribution in [2.75, 3.05) is 7.11 Å². The molecular formula is C16H17N3O3. The Hall–Kier alpha value is -2.89. The van der Waals surface area contributed by atoms with Gasteiger partial charge in [-0.15, -0.1) is 0 Å². The van der Waals surface area contributed by atoms with Gasteiger partial charge in [0.2, 0.25) is 0 Å². The van der Waals surface area contributed by atoms with Crippen LogP contribution < -0.4 is 15.4 Å². The van der Waals surface area contributed by atoms with Crippen LogP contribution in [0.25, 0.3) is 0 Å². The van der Waals surface area contributed by atoms with E-state index in [2.05, 4.69) is 15.6 Å². The average molecular weight is 299 g/mol. The Morgan fingerprint density at radius 3 is 2.36 bits per heavy atom. The zero-order valence-electron chi connectivity index (χ0n) is 12.2. The van der Waals surface area contributed by atoms with Crippen LogP contribution in [0.3, 0.4) is 0 Å². The molecule has 1 heterocycles. The molecule has 0 fully saturated rings. The van der Waals surface area contributed by atoms with Gasteiger partial charge >= 0.3 is 11.8 Å². The number of nitrogens with zero attached hydrogens (tertiary/aromatic N) is 1. The van der Waals surface area contributed by atoms with Gasteiger partial charge < -0.3 is 15.4 Å². The Morgan fingerprint density at radius 1 is 1.05 bits per heavy atom. The molecule has 0 aliphatic carbocycles. The average Bonchev–Trinajstić information content (AvgIpc) is 2.58. The van der Waals surface area contributed by atoms with Crippen LogP contribution in [0.2, 0.25) is 0 Å². The van der Waals surface area contributed by atoms with Crippen LogP contribution >= 0.6 is 0 Å². The van der Waals surface area contributed by atoms with Gasteiger partial charge in [-0.05, 0) is 29.3 Å². The molecule has 1 aromatic heterocycles. The molecule has 0 aliphatic heterocycles. The normalized spacial score (nSPS) is 9.86. The monoisotopic (exact) mass is 299 g/mol. The fourth-order valence-corrected chi connectivity index (χ4v) is 1.81. The minimum Gasteiger partial charge on any atom is -0.497 e. The van der Waals surface area contributed by atoms with Crippen molar-refractivity contribution in [3.63, 3.8) is 0 Å². The number of aromatic nitrogens is 1. The van der Waals surface area contributed by atoms with E-state index in [0.29, 0.717) is 5.75 Å². The predicted molar refractivity (Wildman–Crippen MR) is 80.9 cm³/mol. The van der Waals surface area contributed by atoms with Crippen LogP contribution in [0.5, 0.6) is 5.75 Å². The predicted octanol–water partition coefficient (Wildman–Crippen LogP) is 1.02. The topological polar surface area (TPSA) is 80.3 Å². The van der Waals surface area contributed by atoms with Crippen molar-refractivity contribution in [2.45, 2.75) is 13.1 Å². The number of carbonyl (C=O) groups excluding carboxylic acids is 2. The van der Waals surface area contributed by atoms with Crippen molar-refractivity contribution in [3.05, 3.63) is 59.9 Å². The molecule has 22 heavy (non-hydrogen) atoms. The highest BCUT2D eigenvalue weighted by molar-refractivity contribution is 6.35. The van der Waals surface area contributed by atoms with Gasteiger partial charge in [0.05, 0.1) is 7.11 Å². The van der Waals surface area contributed by atoms with Crippen molar-refractivity contribution in [1.29, 1.82) is 0 Å². The van der Waals surface area contributed by atoms with Crippen LogP contribution in [0.1, 0.15) is 11.1 Å². The van der Waals surface area contributed by atoms with Crippen LogP contribution in [-0.4, -0.2) is 23.9 Å². The number of rotatable bonds is 5. The van der Waals surface area contributed by atoms with E-state index < -0.39 is 11.8 Å². The van der Waals surface area contributed by atoms with Crippen molar-refractivity contribution >= 4 is 11.8 Å². The molecule has 0 aliphatic rings. The Balaban J connectivity index is 1.80. The largest absolute Gasteiger partial charge is 0.497 e. The van der Waals surface area contributed by atoms with E-state index in [1.165, 1.54) is 0 Å². The summed E-state index contributed by atoms with van der Waals surface area (Å²) in [5.74, 6) is -0.647. The second-order valence-corrected chi connectivity index (χ2v) is 4.58. The SMILES string of the molecule is COc1cccc(CNC(=O)C(=O)NCc2cccnc2)c1. The van der Waals surface area contributed by atoms with Gasteiger partial charge in [-0.25, -0.2) is 0 Å². The fraction of sp³-hybridized carbons (Fsp3) is 0.188. The number of pyridine rings is 1. The lowest BCUT2D eigenvalue weighted by molar-refractivity contribution is -0.139. The molecule has 2 N–H and O–H groups in total. The molecule has 1 aromatic carbocycles. The standard InChI is InChI=1S/C16H17N3O3/c1-22-14-6-2-4-12(8-14)10-18-15(20)16(21)19-11-13-5-3-7-17-9-13/h2-9H,10-11H2,1H3,(H,18,20)(H,19,21). The van der Waals surface area contributed by atoms with E-state index in [-0.39, 0.29) is 13.1 Å². The van der Waals surface area contributed by atoms with Crippen molar-refractivity contribution in [1.82, 2.24) is 15.6 Å². The molecule has 2 rings (SSSR count). The number of carbonyl (C=O) groups is 2. The van der Waals surface area contributed by atoms with Crippen molar-refractivity contribution < 1.29 is 14.3 Å². The lowest BCUT2D eigenvalue weighted by Gasteiger charge is -2.07. The first-order valence-electron chi connectivity index (χ1n) is 6.77. The lowest BCUT2D eigenvalue weighted by Crippen LogP contribution is -2.39. The van der Waals surface area contributed by atoms with Gasteiger partial charge in [0.15, 0.2) is 0 Å². The lowest BCUT2D eigenvalue weighted by atomic mass is 10.2. The molecule has 0 saturated heterocycles. The summed E-state index contributed by atoms with van der Waals surface area (Å²) in [6.07, 6.45) is 3.28. The van der Waals surface area contributed by atoms with Crippen molar-refractivity contribution in [2.24, 2.45) is 0 Å². The highest BCUT2D eigenvalue weighted by Gasteiger charge is 2.12. The molecule has 6 heteroatoms. The number of benzene rings is 1. The van der Waals surface area contributed by atoms with Gasteiger partial charge in [-0.1, -0.05) is 18.2 Å². The molecule has 2 aromatic rings. The highest BCUT2D eigenvalue weighted by Crippen LogP contribution is 2.11. The van der Waals surface area contributed by atoms with Gasteiger partial charge in [-0.3, -0.25) is 14.6 Å². The maximum absolute atomic E-state index is 11.7. The van der Waals surface area contributed by atoms with E-state index >= 15 is 0 Å². The quantitative estimate of drug-likeness (QED) is 0.808. The van der Waals surface area contributed by atoms with Gasteiger partial charge in [0, 0.05) is 25.5 Å². The van der Waals surface area contributed by atoms with E-state index in [4.69, 9.17) is 4.74 Å². The van der Waals surface area contributed by atoms with Gasteiger partial charge in [-0.2, -0.15) is 0 Å². The summed E-state index contributed by atoms with van der Waals surface area (Å²) in [6.45, 7) is 0.523. The summed E-state index contributed by atoms with van der Waals surface area (Å²) in [5, 5.41) is 5.11. The fourth-order valence-electron chi connectivity index (χ4n) is 1.81. The van der Waals surface area contributed by atoms with E-state index in [1.807, 2.05) is 24.3 Å². The van der Waals surface area contributed by atoms with E-state index in [9.17, 15) is 9.59 Å². The summed E-state index contributed by atoms with van der Waals surface area (Å²) < 4.78 is 5.10. The minimum absolute atomic E-state index is 0.260. The Labute approximate surface area is 128 Å². The summed E-state index contributed by atoms with van der Waals surface area (Å²) in [4.78, 5) is 27.4. The van der Waals surface area contributed by atoms with Gasteiger partial charge in [0.1, 0.15) is 5.75 Å². The first-order valence-corrected chi connectivity index (χ1v) is 6.77. The number of ether oxygens (including phenoxy) is 1. The molecule has 0 unspecified atom stereocenters. The summed E-state index contributed by atoms with van der Waals surface area (Å²) >= 11 is 0. The van der Waals surface area contributed by atoms with Gasteiger partial charge in [0.25, 0.3) is 0 Å². The van der Waals surface area contributed by atoms with Crippen LogP contribution in [-0.2, 0) is 22.7 Å². The first-order chi connectivity index (χ1) is 10.7. The Kier molecular flexibility index (Phi) is 5.48. The first kappa shape index (κ1) is 15.5.